The molecule has 4 bridgehead atoms. The summed E-state index contributed by atoms with van der Waals surface area (Å²) in [6, 6.07) is 38.9. The van der Waals surface area contributed by atoms with Crippen molar-refractivity contribution in [3.63, 3.8) is 0 Å². The topological polar surface area (TPSA) is 182 Å². The Morgan fingerprint density at radius 1 is 0.773 bits per heavy atom. The number of anilines is 2. The Bertz CT molecular complexity index is 3560. The minimum Gasteiger partial charge on any atom is -0.455 e. The molecular formula is C70H91N7O8S2Si. The molecule has 2 atom stereocenters. The normalized spacial score (nSPS) is 22.3. The lowest BCUT2D eigenvalue weighted by atomic mass is 9.39. The van der Waals surface area contributed by atoms with Gasteiger partial charge >= 0.3 is 12.0 Å². The number of fused-ring (bicyclic) bond motifs is 2. The Hall–Kier alpha value is -5.80. The summed E-state index contributed by atoms with van der Waals surface area (Å²) in [5.41, 5.74) is 5.45. The van der Waals surface area contributed by atoms with E-state index in [0.717, 1.165) is 96.2 Å². The zero-order valence-electron chi connectivity index (χ0n) is 53.5. The molecule has 3 aromatic heterocycles. The summed E-state index contributed by atoms with van der Waals surface area (Å²) in [7, 11) is -6.01. The number of pyridine rings is 1. The molecule has 2 amide bonds. The fourth-order valence-electron chi connectivity index (χ4n) is 16.0. The fraction of sp³-hybridized carbons (Fsp3) is 0.500. The summed E-state index contributed by atoms with van der Waals surface area (Å²) < 4.78 is 51.7. The maximum atomic E-state index is 14.3. The number of para-hydroxylation sites is 1. The number of benzene rings is 4. The molecule has 4 aliphatic carbocycles. The van der Waals surface area contributed by atoms with Gasteiger partial charge in [-0.15, -0.1) is 0 Å². The highest BCUT2D eigenvalue weighted by atomic mass is 32.3. The van der Waals surface area contributed by atoms with Crippen LogP contribution in [0.15, 0.2) is 121 Å². The molecule has 4 heterocycles. The molecule has 4 fully saturated rings. The number of amides is 2. The van der Waals surface area contributed by atoms with Crippen LogP contribution in [0.1, 0.15) is 142 Å². The molecule has 18 heteroatoms. The van der Waals surface area contributed by atoms with Crippen LogP contribution in [0.3, 0.4) is 0 Å². The SMILES string of the molecule is Cc1c(-c2ccc(-c3ccc4c(c3)N(C(=O)Nc3nc5ccccc5s3)CCC4)nc2C(=O)OC(C)(C)C)cnn1CC12CC3(C)CC(C)(C1)CC(OCCNCCS(O)(O)OCC(C)(C)CCO[Si](c1ccccc1)(c1ccccc1)C(C)(C)C)(C3)C2. The van der Waals surface area contributed by atoms with Crippen molar-refractivity contribution < 1.29 is 36.8 Å². The molecule has 2 unspecified atom stereocenters. The smallest absolute Gasteiger partial charge is 0.358 e. The highest BCUT2D eigenvalue weighted by Crippen LogP contribution is 2.72. The van der Waals surface area contributed by atoms with E-state index in [9.17, 15) is 18.7 Å². The number of carbonyl (C=O) groups is 2. The molecule has 88 heavy (non-hydrogen) atoms. The number of nitrogens with one attached hydrogen (secondary N) is 2. The van der Waals surface area contributed by atoms with E-state index >= 15 is 0 Å². The lowest BCUT2D eigenvalue weighted by Crippen LogP contribution is -2.66. The van der Waals surface area contributed by atoms with Crippen molar-refractivity contribution in [3.8, 4) is 22.4 Å². The third-order valence-corrected chi connectivity index (χ3v) is 25.9. The van der Waals surface area contributed by atoms with Gasteiger partial charge < -0.3 is 28.3 Å². The molecule has 0 saturated heterocycles. The lowest BCUT2D eigenvalue weighted by Gasteiger charge is -2.69. The first-order valence-electron chi connectivity index (χ1n) is 31.4. The molecule has 0 radical (unpaired) electrons. The van der Waals surface area contributed by atoms with Crippen molar-refractivity contribution in [3.05, 3.63) is 138 Å². The van der Waals surface area contributed by atoms with Gasteiger partial charge in [-0.2, -0.15) is 5.10 Å². The average Bonchev–Trinajstić information content (AvgIpc) is 0.755. The maximum Gasteiger partial charge on any atom is 0.358 e. The number of aromatic nitrogens is 4. The number of hydrogen-bond acceptors (Lipinski definition) is 13. The first kappa shape index (κ1) is 63.8. The number of nitrogens with zero attached hydrogens (tertiary/aromatic N) is 5. The molecule has 4 saturated carbocycles. The van der Waals surface area contributed by atoms with E-state index in [1.807, 2.05) is 75.5 Å². The van der Waals surface area contributed by atoms with E-state index in [0.29, 0.717) is 55.7 Å². The average molecular weight is 1250 g/mol. The third kappa shape index (κ3) is 13.8. The number of aryl methyl sites for hydroxylation is 1. The van der Waals surface area contributed by atoms with E-state index < -0.39 is 30.8 Å². The van der Waals surface area contributed by atoms with Crippen molar-refractivity contribution in [2.45, 2.75) is 157 Å². The van der Waals surface area contributed by atoms with Crippen molar-refractivity contribution in [1.82, 2.24) is 25.1 Å². The van der Waals surface area contributed by atoms with Crippen LogP contribution in [0.5, 0.6) is 0 Å². The summed E-state index contributed by atoms with van der Waals surface area (Å²) in [5.74, 6) is -0.438. The highest BCUT2D eigenvalue weighted by Gasteiger charge is 2.66. The van der Waals surface area contributed by atoms with E-state index in [4.69, 9.17) is 28.2 Å². The minimum atomic E-state index is -3.30. The van der Waals surface area contributed by atoms with Gasteiger partial charge in [-0.3, -0.25) is 19.1 Å². The first-order chi connectivity index (χ1) is 41.6. The number of urea groups is 1. The molecule has 15 nitrogen and oxygen atoms in total. The molecule has 4 aromatic carbocycles. The molecule has 4 N–H and O–H groups in total. The van der Waals surface area contributed by atoms with Crippen molar-refractivity contribution in [2.24, 2.45) is 21.7 Å². The van der Waals surface area contributed by atoms with Crippen molar-refractivity contribution >= 4 is 73.9 Å². The van der Waals surface area contributed by atoms with Gasteiger partial charge in [0.1, 0.15) is 5.60 Å². The van der Waals surface area contributed by atoms with Crippen LogP contribution in [0.2, 0.25) is 5.04 Å². The van der Waals surface area contributed by atoms with Gasteiger partial charge in [0.25, 0.3) is 8.32 Å². The van der Waals surface area contributed by atoms with Crippen molar-refractivity contribution in [2.75, 3.05) is 55.4 Å². The fourth-order valence-corrected chi connectivity index (χ4v) is 22.4. The number of ether oxygens (including phenoxy) is 2. The van der Waals surface area contributed by atoms with Crippen LogP contribution in [0, 0.1) is 28.6 Å². The van der Waals surface area contributed by atoms with E-state index in [2.05, 4.69) is 142 Å². The van der Waals surface area contributed by atoms with E-state index in [1.165, 1.54) is 21.7 Å². The summed E-state index contributed by atoms with van der Waals surface area (Å²) >= 11 is 1.45. The van der Waals surface area contributed by atoms with Crippen LogP contribution in [-0.2, 0) is 31.0 Å². The number of hydrogen-bond donors (Lipinski definition) is 4. The van der Waals surface area contributed by atoms with Crippen LogP contribution in [0.25, 0.3) is 32.6 Å². The first-order valence-corrected chi connectivity index (χ1v) is 35.8. The van der Waals surface area contributed by atoms with Gasteiger partial charge in [-0.1, -0.05) is 145 Å². The lowest BCUT2D eigenvalue weighted by molar-refractivity contribution is -0.247. The quantitative estimate of drug-likeness (QED) is 0.0287. The number of rotatable bonds is 22. The second kappa shape index (κ2) is 24.4. The largest absolute Gasteiger partial charge is 0.455 e. The van der Waals surface area contributed by atoms with E-state index in [1.54, 1.807) is 4.90 Å². The zero-order valence-corrected chi connectivity index (χ0v) is 56.1. The second-order valence-electron chi connectivity index (χ2n) is 29.4. The van der Waals surface area contributed by atoms with Gasteiger partial charge in [0.15, 0.2) is 10.8 Å². The predicted molar refractivity (Wildman–Crippen MR) is 359 cm³/mol. The Balaban J connectivity index is 0.722. The molecule has 1 aliphatic heterocycles. The van der Waals surface area contributed by atoms with Crippen LogP contribution < -0.4 is 25.9 Å². The Morgan fingerprint density at radius 3 is 2.12 bits per heavy atom. The second-order valence-corrected chi connectivity index (χ2v) is 36.6. The van der Waals surface area contributed by atoms with Gasteiger partial charge in [0.2, 0.25) is 0 Å². The number of esters is 1. The molecular weight excluding hydrogens is 1160 g/mol. The van der Waals surface area contributed by atoms with Crippen LogP contribution in [-0.4, -0.2) is 106 Å². The summed E-state index contributed by atoms with van der Waals surface area (Å²) in [5, 5.41) is 14.4. The van der Waals surface area contributed by atoms with Crippen molar-refractivity contribution in [1.29, 1.82) is 0 Å². The Kier molecular flexibility index (Phi) is 17.7. The zero-order chi connectivity index (χ0) is 62.5. The van der Waals surface area contributed by atoms with Crippen LogP contribution >= 0.6 is 22.2 Å². The molecule has 5 aliphatic rings. The van der Waals surface area contributed by atoms with Crippen LogP contribution in [0.4, 0.5) is 15.6 Å². The minimum absolute atomic E-state index is 0.0587. The molecule has 470 valence electrons. The predicted octanol–water partition coefficient (Wildman–Crippen LogP) is 14.9. The maximum absolute atomic E-state index is 14.3. The Morgan fingerprint density at radius 2 is 1.45 bits per heavy atom. The summed E-state index contributed by atoms with van der Waals surface area (Å²) in [4.78, 5) is 39.8. The Labute approximate surface area is 527 Å². The molecule has 0 spiro atoms. The third-order valence-electron chi connectivity index (χ3n) is 18.7. The van der Waals surface area contributed by atoms with Gasteiger partial charge in [0.05, 0.1) is 57.5 Å². The van der Waals surface area contributed by atoms with Gasteiger partial charge in [0, 0.05) is 60.9 Å². The summed E-state index contributed by atoms with van der Waals surface area (Å²) in [6.45, 7) is 27.0. The van der Waals surface area contributed by atoms with Gasteiger partial charge in [-0.05, 0) is 158 Å². The summed E-state index contributed by atoms with van der Waals surface area (Å²) in [6.07, 6.45) is 10.5. The monoisotopic (exact) mass is 1250 g/mol. The number of thiazole rings is 1. The standard InChI is InChI=1S/C70H91N7O8S2Si/c1-49-55(54-30-31-56(73-60(54)61(78)85-64(2,3)4)51-29-28-50-21-20-35-76(58(50)39-51)63(79)75-62-74-57-26-18-19-27-59(57)86-62)40-72-77(49)47-69-42-67(10)41-68(11,43-69)45-70(44-67,46-69)82-37-33-71-34-38-87(80,81)83-48-66(8,9)32-36-84-88(65(5,6)7,52-22-14-12-15-23-52)53-24-16-13-17-25-53/h12-19,22-31,39-40,71,80-81H,20-21,32-38,41-48H2,1-11H3,(H,74,75,79). The van der Waals surface area contributed by atoms with Gasteiger partial charge in [-0.25, -0.2) is 19.6 Å². The van der Waals surface area contributed by atoms with E-state index in [-0.39, 0.29) is 56.4 Å². The number of carbonyl (C=O) groups excluding carboxylic acids is 2. The molecule has 12 rings (SSSR count). The highest BCUT2D eigenvalue weighted by molar-refractivity contribution is 8.20. The molecule has 7 aromatic rings.